The van der Waals surface area contributed by atoms with E-state index < -0.39 is 17.7 Å². The zero-order valence-electron chi connectivity index (χ0n) is 12.3. The highest BCUT2D eigenvalue weighted by Crippen LogP contribution is 2.61. The van der Waals surface area contributed by atoms with Gasteiger partial charge in [0.25, 0.3) is 0 Å². The Morgan fingerprint density at radius 3 is 2.50 bits per heavy atom. The van der Waals surface area contributed by atoms with Gasteiger partial charge in [0.05, 0.1) is 6.54 Å². The summed E-state index contributed by atoms with van der Waals surface area (Å²) in [6, 6.07) is 0. The molecule has 0 bridgehead atoms. The molecule has 1 saturated heterocycles. The van der Waals surface area contributed by atoms with Crippen molar-refractivity contribution in [2.75, 3.05) is 25.0 Å². The number of nitrogens with zero attached hydrogens (tertiary/aromatic N) is 3. The van der Waals surface area contributed by atoms with Crippen LogP contribution in [0.25, 0.3) is 0 Å². The number of carbonyl (C=O) groups is 1. The first kappa shape index (κ1) is 15.1. The van der Waals surface area contributed by atoms with E-state index in [2.05, 4.69) is 29.1 Å². The van der Waals surface area contributed by atoms with Crippen molar-refractivity contribution in [1.29, 1.82) is 0 Å². The fraction of sp³-hybridized carbons (Fsp3) is 0.643. The van der Waals surface area contributed by atoms with Gasteiger partial charge in [0.2, 0.25) is 5.91 Å². The standard InChI is InChI=1S/C14H17F3N4O/c1-13(2)8-6-21(7-9(8)13)10(22)5-20-12-11(14(15,16)17)18-3-4-19-12/h3-4,8-9H,5-7H2,1-2H3,(H,19,20). The number of halogens is 3. The molecule has 2 unspecified atom stereocenters. The highest BCUT2D eigenvalue weighted by Gasteiger charge is 2.62. The molecule has 0 spiro atoms. The second kappa shape index (κ2) is 4.82. The first-order valence-corrected chi connectivity index (χ1v) is 7.11. The minimum Gasteiger partial charge on any atom is -0.359 e. The lowest BCUT2D eigenvalue weighted by atomic mass is 10.1. The van der Waals surface area contributed by atoms with E-state index in [-0.39, 0.29) is 12.5 Å². The molecule has 5 nitrogen and oxygen atoms in total. The van der Waals surface area contributed by atoms with Crippen LogP contribution in [0.2, 0.25) is 0 Å². The van der Waals surface area contributed by atoms with Gasteiger partial charge in [-0.25, -0.2) is 9.97 Å². The van der Waals surface area contributed by atoms with Crippen LogP contribution in [0.3, 0.4) is 0 Å². The third-order valence-corrected chi connectivity index (χ3v) is 4.85. The highest BCUT2D eigenvalue weighted by atomic mass is 19.4. The Hall–Kier alpha value is -1.86. The van der Waals surface area contributed by atoms with Gasteiger partial charge in [0, 0.05) is 25.5 Å². The van der Waals surface area contributed by atoms with Crippen LogP contribution in [-0.2, 0) is 11.0 Å². The summed E-state index contributed by atoms with van der Waals surface area (Å²) in [6.07, 6.45) is -2.46. The molecule has 8 heteroatoms. The van der Waals surface area contributed by atoms with Crippen LogP contribution in [0.1, 0.15) is 19.5 Å². The summed E-state index contributed by atoms with van der Waals surface area (Å²) < 4.78 is 38.3. The number of aromatic nitrogens is 2. The number of likely N-dealkylation sites (tertiary alicyclic amines) is 1. The number of carbonyl (C=O) groups excluding carboxylic acids is 1. The summed E-state index contributed by atoms with van der Waals surface area (Å²) >= 11 is 0. The lowest BCUT2D eigenvalue weighted by Gasteiger charge is -2.22. The molecule has 1 aromatic rings. The molecule has 1 aromatic heterocycles. The summed E-state index contributed by atoms with van der Waals surface area (Å²) in [5.41, 5.74) is -0.813. The molecule has 1 N–H and O–H groups in total. The van der Waals surface area contributed by atoms with Gasteiger partial charge in [-0.1, -0.05) is 13.8 Å². The number of rotatable bonds is 3. The molecule has 1 saturated carbocycles. The minimum atomic E-state index is -4.60. The van der Waals surface area contributed by atoms with Gasteiger partial charge in [0.15, 0.2) is 11.5 Å². The maximum absolute atomic E-state index is 12.8. The van der Waals surface area contributed by atoms with Crippen LogP contribution in [0.15, 0.2) is 12.4 Å². The molecule has 1 aliphatic heterocycles. The topological polar surface area (TPSA) is 58.1 Å². The lowest BCUT2D eigenvalue weighted by molar-refractivity contribution is -0.140. The second-order valence-corrected chi connectivity index (χ2v) is 6.44. The fourth-order valence-corrected chi connectivity index (χ4v) is 3.28. The van der Waals surface area contributed by atoms with Crippen molar-refractivity contribution >= 4 is 11.7 Å². The average molecular weight is 314 g/mol. The van der Waals surface area contributed by atoms with Gasteiger partial charge in [-0.05, 0) is 17.3 Å². The minimum absolute atomic E-state index is 0.207. The smallest absolute Gasteiger partial charge is 0.359 e. The largest absolute Gasteiger partial charge is 0.437 e. The molecule has 2 heterocycles. The van der Waals surface area contributed by atoms with Crippen LogP contribution < -0.4 is 5.32 Å². The highest BCUT2D eigenvalue weighted by molar-refractivity contribution is 5.81. The van der Waals surface area contributed by atoms with Crippen molar-refractivity contribution in [2.45, 2.75) is 20.0 Å². The SMILES string of the molecule is CC1(C)C2CN(C(=O)CNc3nccnc3C(F)(F)F)CC21. The zero-order valence-corrected chi connectivity index (χ0v) is 12.3. The molecule has 22 heavy (non-hydrogen) atoms. The van der Waals surface area contributed by atoms with Crippen LogP contribution in [0.5, 0.6) is 0 Å². The van der Waals surface area contributed by atoms with Crippen molar-refractivity contribution in [3.63, 3.8) is 0 Å². The molecular formula is C14H17F3N4O. The van der Waals surface area contributed by atoms with Crippen LogP contribution in [0.4, 0.5) is 19.0 Å². The molecule has 2 aliphatic rings. The predicted octanol–water partition coefficient (Wildman–Crippen LogP) is 2.02. The average Bonchev–Trinajstić information content (AvgIpc) is 2.81. The summed E-state index contributed by atoms with van der Waals surface area (Å²) in [7, 11) is 0. The Morgan fingerprint density at radius 1 is 1.32 bits per heavy atom. The van der Waals surface area contributed by atoms with Crippen molar-refractivity contribution < 1.29 is 18.0 Å². The number of fused-ring (bicyclic) bond motifs is 1. The molecule has 2 fully saturated rings. The van der Waals surface area contributed by atoms with E-state index in [1.807, 2.05) is 0 Å². The molecule has 120 valence electrons. The quantitative estimate of drug-likeness (QED) is 0.927. The van der Waals surface area contributed by atoms with Crippen molar-refractivity contribution in [2.24, 2.45) is 17.3 Å². The number of piperidine rings is 1. The predicted molar refractivity (Wildman–Crippen MR) is 72.9 cm³/mol. The zero-order chi connectivity index (χ0) is 16.1. The molecule has 0 aromatic carbocycles. The maximum atomic E-state index is 12.8. The third-order valence-electron chi connectivity index (χ3n) is 4.85. The number of alkyl halides is 3. The fourth-order valence-electron chi connectivity index (χ4n) is 3.28. The van der Waals surface area contributed by atoms with Crippen LogP contribution in [0, 0.1) is 17.3 Å². The first-order chi connectivity index (χ1) is 10.2. The van der Waals surface area contributed by atoms with E-state index in [9.17, 15) is 18.0 Å². The van der Waals surface area contributed by atoms with Crippen molar-refractivity contribution in [3.8, 4) is 0 Å². The number of anilines is 1. The van der Waals surface area contributed by atoms with Gasteiger partial charge in [-0.15, -0.1) is 0 Å². The monoisotopic (exact) mass is 314 g/mol. The van der Waals surface area contributed by atoms with E-state index in [1.54, 1.807) is 4.90 Å². The summed E-state index contributed by atoms with van der Waals surface area (Å²) in [5.74, 6) is 0.409. The van der Waals surface area contributed by atoms with E-state index in [1.165, 1.54) is 0 Å². The first-order valence-electron chi connectivity index (χ1n) is 7.11. The third kappa shape index (κ3) is 2.50. The Bertz CT molecular complexity index is 588. The lowest BCUT2D eigenvalue weighted by Crippen LogP contribution is -2.37. The van der Waals surface area contributed by atoms with Crippen molar-refractivity contribution in [3.05, 3.63) is 18.1 Å². The summed E-state index contributed by atoms with van der Waals surface area (Å²) in [6.45, 7) is 5.52. The van der Waals surface area contributed by atoms with Gasteiger partial charge in [-0.2, -0.15) is 13.2 Å². The Morgan fingerprint density at radius 2 is 1.91 bits per heavy atom. The van der Waals surface area contributed by atoms with E-state index in [0.29, 0.717) is 30.3 Å². The maximum Gasteiger partial charge on any atom is 0.437 e. The van der Waals surface area contributed by atoms with Gasteiger partial charge in [-0.3, -0.25) is 4.79 Å². The van der Waals surface area contributed by atoms with Gasteiger partial charge < -0.3 is 10.2 Å². The molecular weight excluding hydrogens is 297 g/mol. The normalized spacial score (nSPS) is 25.8. The molecule has 2 atom stereocenters. The summed E-state index contributed by atoms with van der Waals surface area (Å²) in [5, 5.41) is 2.46. The number of hydrogen-bond donors (Lipinski definition) is 1. The molecule has 3 rings (SSSR count). The Kier molecular flexibility index (Phi) is 3.30. The Labute approximate surface area is 125 Å². The number of nitrogens with one attached hydrogen (secondary N) is 1. The number of amides is 1. The van der Waals surface area contributed by atoms with E-state index in [0.717, 1.165) is 12.4 Å². The molecule has 1 amide bonds. The van der Waals surface area contributed by atoms with E-state index >= 15 is 0 Å². The van der Waals surface area contributed by atoms with Gasteiger partial charge >= 0.3 is 6.18 Å². The molecule has 0 radical (unpaired) electrons. The molecule has 1 aliphatic carbocycles. The number of hydrogen-bond acceptors (Lipinski definition) is 4. The van der Waals surface area contributed by atoms with Crippen LogP contribution >= 0.6 is 0 Å². The van der Waals surface area contributed by atoms with Gasteiger partial charge in [0.1, 0.15) is 0 Å². The summed E-state index contributed by atoms with van der Waals surface area (Å²) in [4.78, 5) is 20.7. The van der Waals surface area contributed by atoms with Crippen molar-refractivity contribution in [1.82, 2.24) is 14.9 Å². The second-order valence-electron chi connectivity index (χ2n) is 6.44. The van der Waals surface area contributed by atoms with Crippen LogP contribution in [-0.4, -0.2) is 40.4 Å². The Balaban J connectivity index is 1.59. The van der Waals surface area contributed by atoms with E-state index in [4.69, 9.17) is 0 Å².